The largest absolute Gasteiger partial charge is 0.492 e. The molecule has 1 aliphatic rings. The molecule has 1 amide bonds. The average molecular weight is 336 g/mol. The molecule has 2 rings (SSSR count). The predicted molar refractivity (Wildman–Crippen MR) is 92.1 cm³/mol. The van der Waals surface area contributed by atoms with Crippen LogP contribution in [0.15, 0.2) is 24.3 Å². The molecule has 0 spiro atoms. The minimum Gasteiger partial charge on any atom is -0.492 e. The minimum atomic E-state index is -0.456. The van der Waals surface area contributed by atoms with Gasteiger partial charge in [0.1, 0.15) is 18.0 Å². The highest BCUT2D eigenvalue weighted by atomic mass is 16.6. The molecule has 0 aliphatic carbocycles. The number of hydrogen-bond donors (Lipinski definition) is 1. The highest BCUT2D eigenvalue weighted by Crippen LogP contribution is 2.17. The van der Waals surface area contributed by atoms with Gasteiger partial charge in [0, 0.05) is 38.3 Å². The first kappa shape index (κ1) is 18.5. The van der Waals surface area contributed by atoms with Crippen molar-refractivity contribution >= 4 is 6.09 Å². The standard InChI is InChI=1S/C18H28N2O4/c1-18(2,3)24-17(22)20-10-8-19(9-11-20)12-13-23-16-7-5-4-6-15(16)14-21/h4-7,21H,8-14H2,1-3H3. The zero-order valence-electron chi connectivity index (χ0n) is 14.8. The van der Waals surface area contributed by atoms with Crippen LogP contribution >= 0.6 is 0 Å². The first-order valence-electron chi connectivity index (χ1n) is 8.41. The number of aliphatic hydroxyl groups excluding tert-OH is 1. The van der Waals surface area contributed by atoms with Crippen LogP contribution in [0.5, 0.6) is 5.75 Å². The molecule has 0 radical (unpaired) electrons. The van der Waals surface area contributed by atoms with Crippen molar-refractivity contribution in [2.45, 2.75) is 33.0 Å². The lowest BCUT2D eigenvalue weighted by Gasteiger charge is -2.35. The lowest BCUT2D eigenvalue weighted by Crippen LogP contribution is -2.50. The third-order valence-electron chi connectivity index (χ3n) is 3.83. The number of hydrogen-bond acceptors (Lipinski definition) is 5. The van der Waals surface area contributed by atoms with Crippen LogP contribution in [0.3, 0.4) is 0 Å². The molecular weight excluding hydrogens is 308 g/mol. The van der Waals surface area contributed by atoms with Gasteiger partial charge in [-0.05, 0) is 26.8 Å². The zero-order chi connectivity index (χ0) is 17.6. The van der Waals surface area contributed by atoms with E-state index in [1.807, 2.05) is 45.0 Å². The van der Waals surface area contributed by atoms with E-state index in [9.17, 15) is 9.90 Å². The second-order valence-electron chi connectivity index (χ2n) is 6.92. The van der Waals surface area contributed by atoms with Crippen LogP contribution in [0.25, 0.3) is 0 Å². The smallest absolute Gasteiger partial charge is 0.410 e. The predicted octanol–water partition coefficient (Wildman–Crippen LogP) is 2.11. The van der Waals surface area contributed by atoms with Crippen molar-refractivity contribution in [3.05, 3.63) is 29.8 Å². The Labute approximate surface area is 144 Å². The molecule has 0 unspecified atom stereocenters. The van der Waals surface area contributed by atoms with Gasteiger partial charge >= 0.3 is 6.09 Å². The van der Waals surface area contributed by atoms with E-state index in [1.54, 1.807) is 4.90 Å². The molecule has 24 heavy (non-hydrogen) atoms. The lowest BCUT2D eigenvalue weighted by atomic mass is 10.2. The van der Waals surface area contributed by atoms with Gasteiger partial charge in [0.15, 0.2) is 0 Å². The number of nitrogens with zero attached hydrogens (tertiary/aromatic N) is 2. The summed E-state index contributed by atoms with van der Waals surface area (Å²) in [5, 5.41) is 9.29. The number of amides is 1. The van der Waals surface area contributed by atoms with E-state index in [4.69, 9.17) is 9.47 Å². The van der Waals surface area contributed by atoms with Gasteiger partial charge in [-0.2, -0.15) is 0 Å². The Bertz CT molecular complexity index is 534. The summed E-state index contributed by atoms with van der Waals surface area (Å²) in [5.74, 6) is 0.729. The van der Waals surface area contributed by atoms with Crippen molar-refractivity contribution in [2.75, 3.05) is 39.3 Å². The summed E-state index contributed by atoms with van der Waals surface area (Å²) in [6, 6.07) is 7.50. The molecule has 134 valence electrons. The van der Waals surface area contributed by atoms with E-state index in [1.165, 1.54) is 0 Å². The molecule has 6 nitrogen and oxygen atoms in total. The van der Waals surface area contributed by atoms with Gasteiger partial charge in [-0.1, -0.05) is 18.2 Å². The molecule has 1 aromatic carbocycles. The van der Waals surface area contributed by atoms with Crippen LogP contribution in [-0.2, 0) is 11.3 Å². The molecule has 0 saturated carbocycles. The fourth-order valence-electron chi connectivity index (χ4n) is 2.54. The molecule has 1 fully saturated rings. The average Bonchev–Trinajstić information content (AvgIpc) is 2.54. The summed E-state index contributed by atoms with van der Waals surface area (Å²) in [6.45, 7) is 9.92. The minimum absolute atomic E-state index is 0.0231. The maximum Gasteiger partial charge on any atom is 0.410 e. The topological polar surface area (TPSA) is 62.2 Å². The van der Waals surface area contributed by atoms with Gasteiger partial charge < -0.3 is 19.5 Å². The summed E-state index contributed by atoms with van der Waals surface area (Å²) in [6.07, 6.45) is -0.240. The third kappa shape index (κ3) is 5.69. The number of carbonyl (C=O) groups is 1. The normalized spacial score (nSPS) is 16.1. The molecule has 1 aliphatic heterocycles. The van der Waals surface area contributed by atoms with Gasteiger partial charge in [-0.15, -0.1) is 0 Å². The first-order valence-corrected chi connectivity index (χ1v) is 8.41. The molecule has 0 bridgehead atoms. The monoisotopic (exact) mass is 336 g/mol. The first-order chi connectivity index (χ1) is 11.4. The molecule has 1 N–H and O–H groups in total. The van der Waals surface area contributed by atoms with Crippen LogP contribution in [0, 0.1) is 0 Å². The van der Waals surface area contributed by atoms with Crippen LogP contribution in [0.2, 0.25) is 0 Å². The Hall–Kier alpha value is -1.79. The van der Waals surface area contributed by atoms with E-state index in [2.05, 4.69) is 4.90 Å². The Morgan fingerprint density at radius 1 is 1.17 bits per heavy atom. The SMILES string of the molecule is CC(C)(C)OC(=O)N1CCN(CCOc2ccccc2CO)CC1. The second kappa shape index (κ2) is 8.35. The summed E-state index contributed by atoms with van der Waals surface area (Å²) in [4.78, 5) is 16.0. The zero-order valence-corrected chi connectivity index (χ0v) is 14.8. The maximum atomic E-state index is 12.0. The van der Waals surface area contributed by atoms with Gasteiger partial charge in [0.05, 0.1) is 6.61 Å². The number of benzene rings is 1. The van der Waals surface area contributed by atoms with Crippen molar-refractivity contribution in [3.8, 4) is 5.75 Å². The van der Waals surface area contributed by atoms with Crippen molar-refractivity contribution in [1.82, 2.24) is 9.80 Å². The summed E-state index contributed by atoms with van der Waals surface area (Å²) in [5.41, 5.74) is 0.342. The molecular formula is C18H28N2O4. The van der Waals surface area contributed by atoms with Crippen molar-refractivity contribution in [2.24, 2.45) is 0 Å². The number of rotatable bonds is 5. The highest BCUT2D eigenvalue weighted by molar-refractivity contribution is 5.68. The van der Waals surface area contributed by atoms with Gasteiger partial charge in [-0.3, -0.25) is 4.90 Å². The van der Waals surface area contributed by atoms with Crippen LogP contribution in [0.4, 0.5) is 4.79 Å². The van der Waals surface area contributed by atoms with Crippen LogP contribution in [0.1, 0.15) is 26.3 Å². The number of aliphatic hydroxyl groups is 1. The summed E-state index contributed by atoms with van der Waals surface area (Å²) >= 11 is 0. The molecule has 1 aromatic rings. The van der Waals surface area contributed by atoms with E-state index in [0.29, 0.717) is 19.7 Å². The Morgan fingerprint density at radius 2 is 1.83 bits per heavy atom. The van der Waals surface area contributed by atoms with E-state index in [-0.39, 0.29) is 12.7 Å². The number of ether oxygens (including phenoxy) is 2. The molecule has 1 saturated heterocycles. The van der Waals surface area contributed by atoms with Crippen molar-refractivity contribution < 1.29 is 19.4 Å². The number of para-hydroxylation sites is 1. The third-order valence-corrected chi connectivity index (χ3v) is 3.83. The van der Waals surface area contributed by atoms with Gasteiger partial charge in [0.25, 0.3) is 0 Å². The highest BCUT2D eigenvalue weighted by Gasteiger charge is 2.25. The Kier molecular flexibility index (Phi) is 6.45. The lowest BCUT2D eigenvalue weighted by molar-refractivity contribution is 0.0137. The number of piperazine rings is 1. The Balaban J connectivity index is 1.71. The quantitative estimate of drug-likeness (QED) is 0.892. The van der Waals surface area contributed by atoms with Crippen LogP contribution in [-0.4, -0.2) is 65.9 Å². The maximum absolute atomic E-state index is 12.0. The van der Waals surface area contributed by atoms with E-state index < -0.39 is 5.60 Å². The molecule has 6 heteroatoms. The van der Waals surface area contributed by atoms with Crippen molar-refractivity contribution in [1.29, 1.82) is 0 Å². The number of carbonyl (C=O) groups excluding carboxylic acids is 1. The van der Waals surface area contributed by atoms with E-state index in [0.717, 1.165) is 30.9 Å². The van der Waals surface area contributed by atoms with Crippen LogP contribution < -0.4 is 4.74 Å². The van der Waals surface area contributed by atoms with Crippen molar-refractivity contribution in [3.63, 3.8) is 0 Å². The summed E-state index contributed by atoms with van der Waals surface area (Å²) in [7, 11) is 0. The molecule has 0 atom stereocenters. The molecule has 1 heterocycles. The van der Waals surface area contributed by atoms with Gasteiger partial charge in [0.2, 0.25) is 0 Å². The van der Waals surface area contributed by atoms with Gasteiger partial charge in [-0.25, -0.2) is 4.79 Å². The molecule has 0 aromatic heterocycles. The second-order valence-corrected chi connectivity index (χ2v) is 6.92. The fraction of sp³-hybridized carbons (Fsp3) is 0.611. The fourth-order valence-corrected chi connectivity index (χ4v) is 2.54. The Morgan fingerprint density at radius 3 is 2.46 bits per heavy atom. The summed E-state index contributed by atoms with van der Waals surface area (Å²) < 4.78 is 11.2. The van der Waals surface area contributed by atoms with E-state index >= 15 is 0 Å².